The van der Waals surface area contributed by atoms with Crippen LogP contribution in [0.3, 0.4) is 0 Å². The van der Waals surface area contributed by atoms with E-state index in [1.54, 1.807) is 24.3 Å². The summed E-state index contributed by atoms with van der Waals surface area (Å²) in [6, 6.07) is 8.38. The summed E-state index contributed by atoms with van der Waals surface area (Å²) in [7, 11) is 0. The zero-order valence-electron chi connectivity index (χ0n) is 42.7. The van der Waals surface area contributed by atoms with Crippen molar-refractivity contribution < 1.29 is 81.0 Å². The Morgan fingerprint density at radius 3 is 1.58 bits per heavy atom. The smallest absolute Gasteiger partial charge is 0.350 e. The van der Waals surface area contributed by atoms with E-state index in [-0.39, 0.29) is 81.8 Å². The van der Waals surface area contributed by atoms with Gasteiger partial charge < -0.3 is 42.6 Å². The SMILES string of the molecule is [C-]#[N+]C(C(=O)OCCOC(=O)C=C)=C1Sc2c(OC(=O)C3CCC(OC(=O)C4CCC(OCCCCCCOC(=O)C=C)CC4)CC3)ccc(-c3ccc(OC(C)=O)c4c3SC(=C(C#N)C(=O)OCCOC(=O)C=C)S4)c2S1. The van der Waals surface area contributed by atoms with Crippen molar-refractivity contribution in [2.24, 2.45) is 11.8 Å². The van der Waals surface area contributed by atoms with E-state index in [1.807, 2.05) is 6.07 Å². The van der Waals surface area contributed by atoms with Crippen molar-refractivity contribution in [3.05, 3.63) is 93.4 Å². The quantitative estimate of drug-likeness (QED) is 0.0171. The Labute approximate surface area is 468 Å². The highest BCUT2D eigenvalue weighted by Crippen LogP contribution is 2.63. The van der Waals surface area contributed by atoms with Crippen molar-refractivity contribution in [1.29, 1.82) is 5.26 Å². The van der Waals surface area contributed by atoms with Crippen LogP contribution in [-0.2, 0) is 71.5 Å². The fraction of sp³-hybridized carbons (Fsp3) is 0.418. The van der Waals surface area contributed by atoms with Gasteiger partial charge in [-0.25, -0.2) is 24.0 Å². The van der Waals surface area contributed by atoms with Gasteiger partial charge in [0.25, 0.3) is 5.70 Å². The summed E-state index contributed by atoms with van der Waals surface area (Å²) in [4.78, 5) is 106. The van der Waals surface area contributed by atoms with Gasteiger partial charge in [-0.2, -0.15) is 5.26 Å². The molecule has 2 aliphatic carbocycles. The van der Waals surface area contributed by atoms with Crippen LogP contribution in [0.25, 0.3) is 16.0 Å². The molecule has 2 heterocycles. The second kappa shape index (κ2) is 30.4. The van der Waals surface area contributed by atoms with Gasteiger partial charge >= 0.3 is 47.8 Å². The number of carbonyl (C=O) groups is 8. The van der Waals surface area contributed by atoms with Gasteiger partial charge in [0.2, 0.25) is 0 Å². The lowest BCUT2D eigenvalue weighted by Gasteiger charge is -2.31. The van der Waals surface area contributed by atoms with Crippen LogP contribution in [0.15, 0.2) is 102 Å². The monoisotopic (exact) mass is 1140 g/mol. The van der Waals surface area contributed by atoms with Crippen LogP contribution in [0.1, 0.15) is 84.0 Å². The highest BCUT2D eigenvalue weighted by molar-refractivity contribution is 8.25. The standard InChI is InChI=1S/C55H56N2O17S4/c1-6-42(59)67-26-12-10-9-11-25-66-35-17-13-33(14-18-35)50(62)73-36-19-15-34(16-20-36)51(63)74-41-24-22-38(47-49(41)78-55(76-47)45(57-5)53(65)71-30-28-69-44(61)8-3)37-21-23-40(72-32(4)58)48-46(37)75-54(77-48)39(31-56)52(64)70-29-27-68-43(60)7-2/h6-8,21-24,33-36H,1-3,9-20,25-30H2,4H3. The van der Waals surface area contributed by atoms with Crippen molar-refractivity contribution in [2.75, 3.05) is 39.6 Å². The van der Waals surface area contributed by atoms with Crippen molar-refractivity contribution in [1.82, 2.24) is 0 Å². The zero-order valence-corrected chi connectivity index (χ0v) is 45.9. The second-order valence-corrected chi connectivity index (χ2v) is 22.1. The molecule has 412 valence electrons. The maximum Gasteiger partial charge on any atom is 0.350 e. The number of rotatable bonds is 25. The summed E-state index contributed by atoms with van der Waals surface area (Å²) < 4.78 is 49.4. The van der Waals surface area contributed by atoms with E-state index in [9.17, 15) is 43.6 Å². The number of benzene rings is 2. The van der Waals surface area contributed by atoms with Crippen LogP contribution in [-0.4, -0.2) is 99.6 Å². The van der Waals surface area contributed by atoms with Crippen LogP contribution in [0, 0.1) is 29.7 Å². The molecule has 0 spiro atoms. The third-order valence-corrected chi connectivity index (χ3v) is 17.5. The Hall–Kier alpha value is -6.76. The molecule has 4 aliphatic rings. The topological polar surface area (TPSA) is 248 Å². The highest BCUT2D eigenvalue weighted by Gasteiger charge is 2.38. The molecule has 2 aromatic carbocycles. The average molecular weight is 1150 g/mol. The molecule has 0 atom stereocenters. The van der Waals surface area contributed by atoms with Crippen molar-refractivity contribution in [3.63, 3.8) is 0 Å². The fourth-order valence-electron chi connectivity index (χ4n) is 8.37. The number of nitrogens with zero attached hydrogens (tertiary/aromatic N) is 2. The third-order valence-electron chi connectivity index (χ3n) is 12.3. The summed E-state index contributed by atoms with van der Waals surface area (Å²) >= 11 is 4.09. The maximum atomic E-state index is 14.0. The molecule has 0 aromatic heterocycles. The average Bonchev–Trinajstić information content (AvgIpc) is 4.14. The Morgan fingerprint density at radius 1 is 0.577 bits per heavy atom. The lowest BCUT2D eigenvalue weighted by molar-refractivity contribution is -0.159. The van der Waals surface area contributed by atoms with Crippen LogP contribution in [0.5, 0.6) is 11.5 Å². The third kappa shape index (κ3) is 16.9. The Balaban J connectivity index is 1.15. The van der Waals surface area contributed by atoms with Gasteiger partial charge in [-0.1, -0.05) is 73.2 Å². The summed E-state index contributed by atoms with van der Waals surface area (Å²) in [5.74, 6) is -5.73. The van der Waals surface area contributed by atoms with E-state index >= 15 is 0 Å². The molecule has 0 saturated heterocycles. The molecule has 0 amide bonds. The fourth-order valence-corrected chi connectivity index (χ4v) is 13.6. The molecule has 0 unspecified atom stereocenters. The molecule has 2 saturated carbocycles. The maximum absolute atomic E-state index is 14.0. The molecular formula is C55H56N2O17S4. The van der Waals surface area contributed by atoms with E-state index in [0.717, 1.165) is 104 Å². The lowest BCUT2D eigenvalue weighted by atomic mass is 9.86. The first-order chi connectivity index (χ1) is 37.7. The van der Waals surface area contributed by atoms with E-state index < -0.39 is 47.7 Å². The number of unbranched alkanes of at least 4 members (excludes halogenated alkanes) is 3. The van der Waals surface area contributed by atoms with Gasteiger partial charge in [-0.05, 0) is 106 Å². The number of esters is 8. The normalized spacial score (nSPS) is 19.4. The predicted molar refractivity (Wildman–Crippen MR) is 286 cm³/mol. The minimum Gasteiger partial charge on any atom is -0.467 e. The lowest BCUT2D eigenvalue weighted by Crippen LogP contribution is -2.33. The molecule has 0 bridgehead atoms. The van der Waals surface area contributed by atoms with Crippen molar-refractivity contribution in [2.45, 2.75) is 116 Å². The Kier molecular flexibility index (Phi) is 23.6. The molecule has 6 rings (SSSR count). The Bertz CT molecular complexity index is 2830. The first kappa shape index (κ1) is 60.5. The van der Waals surface area contributed by atoms with E-state index in [1.165, 1.54) is 6.92 Å². The van der Waals surface area contributed by atoms with Crippen LogP contribution in [0.2, 0.25) is 0 Å². The van der Waals surface area contributed by atoms with Gasteiger partial charge in [0.1, 0.15) is 50.1 Å². The molecule has 2 fully saturated rings. The molecule has 2 aromatic rings. The second-order valence-electron chi connectivity index (χ2n) is 17.5. The minimum absolute atomic E-state index is 0.0860. The summed E-state index contributed by atoms with van der Waals surface area (Å²) in [5.41, 5.74) is 0.293. The molecule has 78 heavy (non-hydrogen) atoms. The number of hydrogen-bond acceptors (Lipinski definition) is 22. The summed E-state index contributed by atoms with van der Waals surface area (Å²) in [5, 5.41) is 10.2. The van der Waals surface area contributed by atoms with Gasteiger partial charge in [-0.15, -0.1) is 0 Å². The molecule has 19 nitrogen and oxygen atoms in total. The van der Waals surface area contributed by atoms with Gasteiger partial charge in [0, 0.05) is 41.5 Å². The molecule has 0 radical (unpaired) electrons. The van der Waals surface area contributed by atoms with E-state index in [4.69, 9.17) is 49.2 Å². The van der Waals surface area contributed by atoms with Gasteiger partial charge in [0.15, 0.2) is 5.57 Å². The van der Waals surface area contributed by atoms with E-state index in [0.29, 0.717) is 82.4 Å². The molecular weight excluding hydrogens is 1090 g/mol. The largest absolute Gasteiger partial charge is 0.467 e. The minimum atomic E-state index is -0.994. The zero-order chi connectivity index (χ0) is 56.1. The van der Waals surface area contributed by atoms with Gasteiger partial charge in [0.05, 0.1) is 49.4 Å². The number of nitriles is 1. The number of thioether (sulfide) groups is 4. The van der Waals surface area contributed by atoms with E-state index in [2.05, 4.69) is 24.6 Å². The molecule has 2 aliphatic heterocycles. The number of fused-ring (bicyclic) bond motifs is 2. The number of carbonyl (C=O) groups excluding carboxylic acids is 8. The van der Waals surface area contributed by atoms with Gasteiger partial charge in [-0.3, -0.25) is 19.2 Å². The number of ether oxygens (including phenoxy) is 9. The first-order valence-corrected chi connectivity index (χ1v) is 28.2. The van der Waals surface area contributed by atoms with Crippen LogP contribution in [0.4, 0.5) is 0 Å². The van der Waals surface area contributed by atoms with Crippen LogP contribution >= 0.6 is 47.0 Å². The predicted octanol–water partition coefficient (Wildman–Crippen LogP) is 9.92. The summed E-state index contributed by atoms with van der Waals surface area (Å²) in [6.07, 6.45) is 10.9. The Morgan fingerprint density at radius 2 is 1.04 bits per heavy atom. The van der Waals surface area contributed by atoms with Crippen molar-refractivity contribution in [3.8, 4) is 28.7 Å². The number of hydrogen-bond donors (Lipinski definition) is 0. The van der Waals surface area contributed by atoms with Crippen LogP contribution < -0.4 is 9.47 Å². The highest BCUT2D eigenvalue weighted by atomic mass is 32.2. The molecule has 0 N–H and O–H groups in total. The van der Waals surface area contributed by atoms with Crippen molar-refractivity contribution >= 4 is 94.8 Å². The molecule has 23 heteroatoms. The first-order valence-electron chi connectivity index (χ1n) is 24.9. The summed E-state index contributed by atoms with van der Waals surface area (Å²) in [6.45, 7) is 19.0.